The van der Waals surface area contributed by atoms with E-state index in [1.807, 2.05) is 0 Å². The van der Waals surface area contributed by atoms with Gasteiger partial charge in [-0.2, -0.15) is 0 Å². The Morgan fingerprint density at radius 1 is 1.50 bits per heavy atom. The molecule has 3 heteroatoms. The predicted octanol–water partition coefficient (Wildman–Crippen LogP) is 0.685. The van der Waals surface area contributed by atoms with Gasteiger partial charge in [0.1, 0.15) is 0 Å². The molecular formula is C7H12N2O. The monoisotopic (exact) mass is 140 g/mol. The topological polar surface area (TPSA) is 35.8 Å². The molecule has 1 heterocycles. The minimum Gasteiger partial charge on any atom is -0.411 e. The van der Waals surface area contributed by atoms with Gasteiger partial charge in [0.05, 0.1) is 5.71 Å². The number of rotatable bonds is 1. The van der Waals surface area contributed by atoms with Crippen LogP contribution >= 0.6 is 0 Å². The Labute approximate surface area is 60.3 Å². The average Bonchev–Trinajstić information content (AvgIpc) is 2.70. The summed E-state index contributed by atoms with van der Waals surface area (Å²) in [6, 6.07) is 0.819. The molecule has 56 valence electrons. The van der Waals surface area contributed by atoms with Gasteiger partial charge in [0.15, 0.2) is 0 Å². The third kappa shape index (κ3) is 1.01. The van der Waals surface area contributed by atoms with Crippen molar-refractivity contribution in [3.63, 3.8) is 0 Å². The molecule has 1 aliphatic carbocycles. The van der Waals surface area contributed by atoms with Gasteiger partial charge >= 0.3 is 0 Å². The molecule has 0 radical (unpaired) electrons. The SMILES string of the molecule is ON=C1CCN(C2CC2)C1. The highest BCUT2D eigenvalue weighted by atomic mass is 16.4. The van der Waals surface area contributed by atoms with E-state index >= 15 is 0 Å². The highest BCUT2D eigenvalue weighted by molar-refractivity contribution is 5.87. The van der Waals surface area contributed by atoms with Crippen molar-refractivity contribution in [2.24, 2.45) is 5.16 Å². The van der Waals surface area contributed by atoms with Crippen LogP contribution < -0.4 is 0 Å². The van der Waals surface area contributed by atoms with E-state index in [-0.39, 0.29) is 0 Å². The smallest absolute Gasteiger partial charge is 0.0723 e. The van der Waals surface area contributed by atoms with E-state index in [4.69, 9.17) is 5.21 Å². The molecule has 1 N–H and O–H groups in total. The Kier molecular flexibility index (Phi) is 1.38. The zero-order valence-electron chi connectivity index (χ0n) is 5.95. The Morgan fingerprint density at radius 2 is 2.30 bits per heavy atom. The van der Waals surface area contributed by atoms with Gasteiger partial charge in [-0.25, -0.2) is 0 Å². The first-order valence-corrected chi connectivity index (χ1v) is 3.84. The second-order valence-corrected chi connectivity index (χ2v) is 3.12. The van der Waals surface area contributed by atoms with Gasteiger partial charge in [0.2, 0.25) is 0 Å². The minimum absolute atomic E-state index is 0.819. The minimum atomic E-state index is 0.819. The molecular weight excluding hydrogens is 128 g/mol. The molecule has 2 aliphatic rings. The number of likely N-dealkylation sites (tertiary alicyclic amines) is 1. The van der Waals surface area contributed by atoms with Crippen molar-refractivity contribution in [1.29, 1.82) is 0 Å². The molecule has 0 spiro atoms. The molecule has 2 rings (SSSR count). The summed E-state index contributed by atoms with van der Waals surface area (Å²) in [6.07, 6.45) is 3.66. The number of hydrogen-bond acceptors (Lipinski definition) is 3. The van der Waals surface area contributed by atoms with E-state index in [1.54, 1.807) is 0 Å². The summed E-state index contributed by atoms with van der Waals surface area (Å²) < 4.78 is 0. The summed E-state index contributed by atoms with van der Waals surface area (Å²) in [5, 5.41) is 11.7. The van der Waals surface area contributed by atoms with Crippen molar-refractivity contribution in [2.45, 2.75) is 25.3 Å². The van der Waals surface area contributed by atoms with Crippen LogP contribution in [0.15, 0.2) is 5.16 Å². The quantitative estimate of drug-likeness (QED) is 0.429. The molecule has 2 fully saturated rings. The second kappa shape index (κ2) is 2.23. The van der Waals surface area contributed by atoms with Crippen LogP contribution in [0.25, 0.3) is 0 Å². The van der Waals surface area contributed by atoms with E-state index in [2.05, 4.69) is 10.1 Å². The molecule has 0 atom stereocenters. The lowest BCUT2D eigenvalue weighted by molar-refractivity contribution is 0.313. The molecule has 0 unspecified atom stereocenters. The fourth-order valence-electron chi connectivity index (χ4n) is 1.50. The van der Waals surface area contributed by atoms with Crippen LogP contribution in [0.5, 0.6) is 0 Å². The highest BCUT2D eigenvalue weighted by Crippen LogP contribution is 2.28. The third-order valence-corrected chi connectivity index (χ3v) is 2.28. The van der Waals surface area contributed by atoms with E-state index in [0.29, 0.717) is 0 Å². The van der Waals surface area contributed by atoms with Crippen molar-refractivity contribution in [3.05, 3.63) is 0 Å². The summed E-state index contributed by atoms with van der Waals surface area (Å²) in [7, 11) is 0. The van der Waals surface area contributed by atoms with Crippen molar-refractivity contribution < 1.29 is 5.21 Å². The van der Waals surface area contributed by atoms with E-state index in [0.717, 1.165) is 31.3 Å². The second-order valence-electron chi connectivity index (χ2n) is 3.12. The van der Waals surface area contributed by atoms with Crippen molar-refractivity contribution in [2.75, 3.05) is 13.1 Å². The normalized spacial score (nSPS) is 31.8. The molecule has 1 saturated heterocycles. The van der Waals surface area contributed by atoms with Gasteiger partial charge in [-0.05, 0) is 12.8 Å². The molecule has 0 bridgehead atoms. The average molecular weight is 140 g/mol. The van der Waals surface area contributed by atoms with Gasteiger partial charge in [0, 0.05) is 25.6 Å². The molecule has 0 aromatic carbocycles. The molecule has 0 aromatic rings. The fraction of sp³-hybridized carbons (Fsp3) is 0.857. The van der Waals surface area contributed by atoms with Gasteiger partial charge < -0.3 is 5.21 Å². The molecule has 0 aromatic heterocycles. The molecule has 10 heavy (non-hydrogen) atoms. The Balaban J connectivity index is 1.92. The number of nitrogens with zero attached hydrogens (tertiary/aromatic N) is 2. The van der Waals surface area contributed by atoms with Gasteiger partial charge in [0.25, 0.3) is 0 Å². The first-order valence-electron chi connectivity index (χ1n) is 3.84. The summed E-state index contributed by atoms with van der Waals surface area (Å²) in [5.74, 6) is 0. The lowest BCUT2D eigenvalue weighted by atomic mass is 10.3. The van der Waals surface area contributed by atoms with Crippen molar-refractivity contribution in [3.8, 4) is 0 Å². The van der Waals surface area contributed by atoms with Gasteiger partial charge in [-0.1, -0.05) is 5.16 Å². The molecule has 3 nitrogen and oxygen atoms in total. The third-order valence-electron chi connectivity index (χ3n) is 2.28. The Bertz CT molecular complexity index is 163. The lowest BCUT2D eigenvalue weighted by Crippen LogP contribution is -2.22. The zero-order chi connectivity index (χ0) is 6.97. The molecule has 1 saturated carbocycles. The standard InChI is InChI=1S/C7H12N2O/c10-8-6-3-4-9(5-6)7-1-2-7/h7,10H,1-5H2. The summed E-state index contributed by atoms with van der Waals surface area (Å²) in [4.78, 5) is 2.40. The first-order chi connectivity index (χ1) is 4.90. The summed E-state index contributed by atoms with van der Waals surface area (Å²) in [6.45, 7) is 2.01. The Hall–Kier alpha value is -0.570. The molecule has 0 amide bonds. The van der Waals surface area contributed by atoms with Crippen LogP contribution in [0.2, 0.25) is 0 Å². The zero-order valence-corrected chi connectivity index (χ0v) is 5.95. The fourth-order valence-corrected chi connectivity index (χ4v) is 1.50. The van der Waals surface area contributed by atoms with Crippen molar-refractivity contribution >= 4 is 5.71 Å². The van der Waals surface area contributed by atoms with Crippen LogP contribution in [0.1, 0.15) is 19.3 Å². The number of hydrogen-bond donors (Lipinski definition) is 1. The maximum atomic E-state index is 8.45. The first kappa shape index (κ1) is 6.16. The highest BCUT2D eigenvalue weighted by Gasteiger charge is 2.32. The van der Waals surface area contributed by atoms with Crippen LogP contribution in [0.3, 0.4) is 0 Å². The maximum absolute atomic E-state index is 8.45. The molecule has 1 aliphatic heterocycles. The summed E-state index contributed by atoms with van der Waals surface area (Å²) in [5.41, 5.74) is 0.951. The van der Waals surface area contributed by atoms with Gasteiger partial charge in [-0.15, -0.1) is 0 Å². The Morgan fingerprint density at radius 3 is 2.80 bits per heavy atom. The van der Waals surface area contributed by atoms with Gasteiger partial charge in [-0.3, -0.25) is 4.90 Å². The van der Waals surface area contributed by atoms with Crippen LogP contribution in [-0.2, 0) is 0 Å². The van der Waals surface area contributed by atoms with Crippen molar-refractivity contribution in [1.82, 2.24) is 4.90 Å². The maximum Gasteiger partial charge on any atom is 0.0723 e. The van der Waals surface area contributed by atoms with E-state index in [9.17, 15) is 0 Å². The number of oxime groups is 1. The predicted molar refractivity (Wildman–Crippen MR) is 38.4 cm³/mol. The van der Waals surface area contributed by atoms with Crippen LogP contribution in [0.4, 0.5) is 0 Å². The van der Waals surface area contributed by atoms with Crippen LogP contribution in [-0.4, -0.2) is 35.0 Å². The van der Waals surface area contributed by atoms with Crippen LogP contribution in [0, 0.1) is 0 Å². The van der Waals surface area contributed by atoms with E-state index in [1.165, 1.54) is 12.8 Å². The lowest BCUT2D eigenvalue weighted by Gasteiger charge is -2.10. The summed E-state index contributed by atoms with van der Waals surface area (Å²) >= 11 is 0. The largest absolute Gasteiger partial charge is 0.411 e. The van der Waals surface area contributed by atoms with E-state index < -0.39 is 0 Å².